The first-order chi connectivity index (χ1) is 26.5. The topological polar surface area (TPSA) is 178 Å². The van der Waals surface area contributed by atoms with Gasteiger partial charge in [-0.1, -0.05) is 48.0 Å². The molecule has 0 amide bonds. The van der Waals surface area contributed by atoms with E-state index in [-0.39, 0.29) is 37.4 Å². The van der Waals surface area contributed by atoms with Gasteiger partial charge in [0.2, 0.25) is 11.8 Å². The van der Waals surface area contributed by atoms with Crippen molar-refractivity contribution in [2.75, 3.05) is 26.7 Å². The lowest BCUT2D eigenvalue weighted by Gasteiger charge is -2.18. The van der Waals surface area contributed by atoms with E-state index < -0.39 is 18.0 Å². The maximum Gasteiger partial charge on any atom is 0.307 e. The number of rotatable bonds is 14. The van der Waals surface area contributed by atoms with Crippen LogP contribution >= 0.6 is 22.9 Å². The Morgan fingerprint density at radius 2 is 1.87 bits per heavy atom. The number of aliphatic carboxylic acids is 2. The predicted octanol–water partition coefficient (Wildman–Crippen LogP) is 6.77. The lowest BCUT2D eigenvalue weighted by Crippen LogP contribution is -2.28. The van der Waals surface area contributed by atoms with Gasteiger partial charge < -0.3 is 30.1 Å². The summed E-state index contributed by atoms with van der Waals surface area (Å²) in [5.41, 5.74) is 9.41. The molecule has 1 fully saturated rings. The number of carbonyl (C=O) groups is 2. The van der Waals surface area contributed by atoms with Crippen molar-refractivity contribution in [3.63, 3.8) is 0 Å². The van der Waals surface area contributed by atoms with Crippen LogP contribution in [-0.4, -0.2) is 75.0 Å². The molecule has 7 rings (SSSR count). The fourth-order valence-electron chi connectivity index (χ4n) is 7.63. The predicted molar refractivity (Wildman–Crippen MR) is 208 cm³/mol. The second-order valence-electron chi connectivity index (χ2n) is 14.0. The maximum absolute atomic E-state index is 11.5. The zero-order valence-electron chi connectivity index (χ0n) is 30.3. The number of aliphatic hydroxyl groups is 1. The lowest BCUT2D eigenvalue weighted by molar-refractivity contribution is -0.141. The Bertz CT molecular complexity index is 2320. The number of nitrogens with zero attached hydrogens (tertiary/aromatic N) is 4. The van der Waals surface area contributed by atoms with Crippen molar-refractivity contribution < 1.29 is 34.4 Å². The number of nitrogens with one attached hydrogen (secondary N) is 1. The smallest absolute Gasteiger partial charge is 0.307 e. The van der Waals surface area contributed by atoms with Crippen molar-refractivity contribution in [1.29, 1.82) is 5.26 Å². The van der Waals surface area contributed by atoms with Crippen LogP contribution < -0.4 is 14.8 Å². The fraction of sp³-hybridized carbons (Fsp3) is 0.341. The molecule has 3 aromatic carbocycles. The summed E-state index contributed by atoms with van der Waals surface area (Å²) in [6.07, 6.45) is 0.451. The third-order valence-electron chi connectivity index (χ3n) is 10.3. The molecule has 1 aliphatic carbocycles. The monoisotopic (exact) mass is 781 g/mol. The normalized spacial score (nSPS) is 17.2. The Kier molecular flexibility index (Phi) is 11.3. The SMILES string of the molecule is COc1nc(O[C@H]2CCc3c(-c4cccc(-c5nc6cc(CN7CC[C@H](C(=O)O)C7)cc(C#N)c6s5)c4C)cccc32)c(Cl)cc1CNC[C@@H](O)CC(=O)O. The average Bonchev–Trinajstić information content (AvgIpc) is 3.91. The number of hydrogen-bond acceptors (Lipinski definition) is 11. The first-order valence-electron chi connectivity index (χ1n) is 18.0. The number of carboxylic acid groups (broad SMARTS) is 2. The van der Waals surface area contributed by atoms with E-state index in [9.17, 15) is 25.1 Å². The summed E-state index contributed by atoms with van der Waals surface area (Å²) in [6.45, 7) is 4.21. The van der Waals surface area contributed by atoms with Gasteiger partial charge in [0.25, 0.3) is 0 Å². The van der Waals surface area contributed by atoms with Crippen LogP contribution in [0.15, 0.2) is 54.6 Å². The van der Waals surface area contributed by atoms with Crippen molar-refractivity contribution in [2.45, 2.75) is 57.9 Å². The minimum absolute atomic E-state index is 0.0799. The standard InChI is InChI=1S/C41H40ClN5O7S/c1-22-28(5-3-6-29(22)40-45-34-14-23(13-25(17-43)37(34)55-40)20-47-12-11-24(21-47)41(51)52)30-7-4-8-32-31(30)9-10-35(32)54-39-33(42)15-26(38(46-39)53-2)18-44-19-27(48)16-36(49)50/h3-8,13-15,24,27,35,44,48H,9-12,16,18-21H2,1-2H3,(H,49,50)(H,51,52)/t24-,27-,35-/m0/s1. The number of halogens is 1. The second kappa shape index (κ2) is 16.3. The molecule has 12 nitrogen and oxygen atoms in total. The number of aliphatic hydroxyl groups excluding tert-OH is 1. The number of carboxylic acids is 2. The van der Waals surface area contributed by atoms with Gasteiger partial charge in [0.05, 0.1) is 41.3 Å². The van der Waals surface area contributed by atoms with Crippen LogP contribution in [0, 0.1) is 24.2 Å². The lowest BCUT2D eigenvalue weighted by atomic mass is 9.91. The Morgan fingerprint density at radius 3 is 2.62 bits per heavy atom. The number of ether oxygens (including phenoxy) is 2. The minimum Gasteiger partial charge on any atom is -0.481 e. The number of likely N-dealkylation sites (tertiary alicyclic amines) is 1. The zero-order chi connectivity index (χ0) is 38.8. The van der Waals surface area contributed by atoms with Gasteiger partial charge in [0, 0.05) is 37.3 Å². The molecular formula is C41H40ClN5O7S. The Hall–Kier alpha value is -5.10. The number of fused-ring (bicyclic) bond motifs is 2. The Labute approximate surface area is 326 Å². The molecule has 0 saturated carbocycles. The van der Waals surface area contributed by atoms with Gasteiger partial charge in [-0.05, 0) is 84.3 Å². The molecule has 284 valence electrons. The third kappa shape index (κ3) is 8.15. The highest BCUT2D eigenvalue weighted by atomic mass is 35.5. The molecule has 2 aromatic heterocycles. The summed E-state index contributed by atoms with van der Waals surface area (Å²) in [5, 5.41) is 42.4. The third-order valence-corrected chi connectivity index (χ3v) is 11.7. The van der Waals surface area contributed by atoms with Crippen molar-refractivity contribution >= 4 is 45.1 Å². The van der Waals surface area contributed by atoms with E-state index in [1.54, 1.807) is 6.07 Å². The van der Waals surface area contributed by atoms with Crippen LogP contribution in [0.4, 0.5) is 0 Å². The highest BCUT2D eigenvalue weighted by Crippen LogP contribution is 2.44. The molecule has 3 atom stereocenters. The summed E-state index contributed by atoms with van der Waals surface area (Å²) < 4.78 is 12.8. The average molecular weight is 782 g/mol. The van der Waals surface area contributed by atoms with Gasteiger partial charge in [-0.3, -0.25) is 14.5 Å². The molecule has 0 radical (unpaired) electrons. The summed E-state index contributed by atoms with van der Waals surface area (Å²) in [4.78, 5) is 34.0. The number of benzene rings is 3. The van der Waals surface area contributed by atoms with Crippen LogP contribution in [0.2, 0.25) is 5.02 Å². The molecule has 14 heteroatoms. The molecule has 5 aromatic rings. The highest BCUT2D eigenvalue weighted by Gasteiger charge is 2.30. The molecule has 0 unspecified atom stereocenters. The molecule has 3 heterocycles. The van der Waals surface area contributed by atoms with E-state index in [2.05, 4.69) is 52.5 Å². The molecule has 1 saturated heterocycles. The summed E-state index contributed by atoms with van der Waals surface area (Å²) >= 11 is 8.17. The van der Waals surface area contributed by atoms with E-state index in [1.807, 2.05) is 24.3 Å². The van der Waals surface area contributed by atoms with Crippen LogP contribution in [0.25, 0.3) is 31.9 Å². The van der Waals surface area contributed by atoms with Crippen LogP contribution in [0.1, 0.15) is 58.7 Å². The summed E-state index contributed by atoms with van der Waals surface area (Å²) in [6, 6.07) is 20.4. The first kappa shape index (κ1) is 38.2. The molecule has 2 aliphatic rings. The zero-order valence-corrected chi connectivity index (χ0v) is 31.9. The van der Waals surface area contributed by atoms with E-state index in [1.165, 1.54) is 24.0 Å². The number of nitriles is 1. The van der Waals surface area contributed by atoms with Gasteiger partial charge in [-0.2, -0.15) is 10.2 Å². The van der Waals surface area contributed by atoms with E-state index in [4.69, 9.17) is 31.2 Å². The number of thiazole rings is 1. The Balaban J connectivity index is 1.11. The van der Waals surface area contributed by atoms with Crippen molar-refractivity contribution in [1.82, 2.24) is 20.2 Å². The molecule has 0 spiro atoms. The maximum atomic E-state index is 11.5. The number of aromatic nitrogens is 2. The van der Waals surface area contributed by atoms with Gasteiger partial charge in [0.15, 0.2) is 0 Å². The highest BCUT2D eigenvalue weighted by molar-refractivity contribution is 7.22. The van der Waals surface area contributed by atoms with Crippen LogP contribution in [0.5, 0.6) is 11.8 Å². The Morgan fingerprint density at radius 1 is 1.09 bits per heavy atom. The number of pyridine rings is 1. The fourth-order valence-corrected chi connectivity index (χ4v) is 8.94. The van der Waals surface area contributed by atoms with Gasteiger partial charge in [-0.15, -0.1) is 11.3 Å². The van der Waals surface area contributed by atoms with Gasteiger partial charge in [0.1, 0.15) is 22.2 Å². The van der Waals surface area contributed by atoms with Crippen LogP contribution in [-0.2, 0) is 29.1 Å². The molecule has 0 bridgehead atoms. The van der Waals surface area contributed by atoms with Gasteiger partial charge >= 0.3 is 11.9 Å². The van der Waals surface area contributed by atoms with Crippen molar-refractivity contribution in [3.05, 3.63) is 93.0 Å². The molecule has 1 aliphatic heterocycles. The van der Waals surface area contributed by atoms with Gasteiger partial charge in [-0.25, -0.2) is 4.98 Å². The number of hydrogen-bond donors (Lipinski definition) is 4. The van der Waals surface area contributed by atoms with E-state index >= 15 is 0 Å². The van der Waals surface area contributed by atoms with Crippen LogP contribution in [0.3, 0.4) is 0 Å². The minimum atomic E-state index is -1.08. The first-order valence-corrected chi connectivity index (χ1v) is 19.2. The molecule has 55 heavy (non-hydrogen) atoms. The molecule has 4 N–H and O–H groups in total. The second-order valence-corrected chi connectivity index (χ2v) is 15.4. The summed E-state index contributed by atoms with van der Waals surface area (Å²) in [5.74, 6) is -1.65. The number of methoxy groups -OCH3 is 1. The van der Waals surface area contributed by atoms with E-state index in [0.29, 0.717) is 48.1 Å². The van der Waals surface area contributed by atoms with Crippen molar-refractivity contribution in [3.8, 4) is 39.5 Å². The summed E-state index contributed by atoms with van der Waals surface area (Å²) in [7, 11) is 1.50. The quantitative estimate of drug-likeness (QED) is 0.0932. The van der Waals surface area contributed by atoms with E-state index in [0.717, 1.165) is 61.4 Å². The van der Waals surface area contributed by atoms with Crippen molar-refractivity contribution in [2.24, 2.45) is 5.92 Å². The largest absolute Gasteiger partial charge is 0.481 e. The molecular weight excluding hydrogens is 742 g/mol.